The van der Waals surface area contributed by atoms with Crippen LogP contribution in [0.25, 0.3) is 11.0 Å². The summed E-state index contributed by atoms with van der Waals surface area (Å²) in [6.45, 7) is 0. The van der Waals surface area contributed by atoms with Gasteiger partial charge in [0.2, 0.25) is 0 Å². The van der Waals surface area contributed by atoms with Gasteiger partial charge in [0, 0.05) is 5.39 Å². The molecule has 0 saturated carbocycles. The molecule has 0 bridgehead atoms. The molecule has 0 aliphatic carbocycles. The molecule has 5 heteroatoms. The quantitative estimate of drug-likeness (QED) is 0.644. The van der Waals surface area contributed by atoms with Gasteiger partial charge in [-0.05, 0) is 6.07 Å². The Bertz CT molecular complexity index is 360. The van der Waals surface area contributed by atoms with Crippen LogP contribution >= 0.6 is 23.2 Å². The van der Waals surface area contributed by atoms with E-state index in [2.05, 4.69) is 15.2 Å². The van der Waals surface area contributed by atoms with E-state index in [1.807, 2.05) is 0 Å². The van der Waals surface area contributed by atoms with Crippen molar-refractivity contribution in [3.63, 3.8) is 0 Å². The first-order chi connectivity index (χ1) is 5.27. The maximum atomic E-state index is 5.71. The molecule has 0 unspecified atom stereocenters. The molecule has 0 aliphatic rings. The van der Waals surface area contributed by atoms with E-state index in [9.17, 15) is 0 Å². The van der Waals surface area contributed by atoms with Gasteiger partial charge in [-0.15, -0.1) is 0 Å². The Morgan fingerprint density at radius 1 is 1.36 bits per heavy atom. The normalized spacial score (nSPS) is 10.7. The van der Waals surface area contributed by atoms with Gasteiger partial charge in [0.25, 0.3) is 0 Å². The minimum atomic E-state index is 0.295. The van der Waals surface area contributed by atoms with Crippen molar-refractivity contribution >= 4 is 34.2 Å². The van der Waals surface area contributed by atoms with Gasteiger partial charge in [0.05, 0.1) is 11.2 Å². The van der Waals surface area contributed by atoms with E-state index in [1.165, 1.54) is 0 Å². The Morgan fingerprint density at radius 2 is 2.18 bits per heavy atom. The molecule has 3 nitrogen and oxygen atoms in total. The second kappa shape index (κ2) is 2.36. The summed E-state index contributed by atoms with van der Waals surface area (Å²) in [6, 6.07) is 1.72. The molecule has 0 spiro atoms. The first-order valence-corrected chi connectivity index (χ1v) is 3.68. The van der Waals surface area contributed by atoms with Crippen LogP contribution in [-0.2, 0) is 0 Å². The van der Waals surface area contributed by atoms with Crippen LogP contribution in [0.2, 0.25) is 10.2 Å². The van der Waals surface area contributed by atoms with Crippen LogP contribution in [0.5, 0.6) is 0 Å². The Kier molecular flexibility index (Phi) is 1.47. The van der Waals surface area contributed by atoms with E-state index in [4.69, 9.17) is 23.2 Å². The molecule has 11 heavy (non-hydrogen) atoms. The maximum absolute atomic E-state index is 5.71. The van der Waals surface area contributed by atoms with Crippen molar-refractivity contribution in [3.8, 4) is 0 Å². The molecule has 2 aromatic rings. The average molecular weight is 188 g/mol. The number of rotatable bonds is 0. The van der Waals surface area contributed by atoms with Crippen LogP contribution in [-0.4, -0.2) is 15.2 Å². The SMILES string of the molecule is Clc1cc2cn[nH]c2nc1Cl. The summed E-state index contributed by atoms with van der Waals surface area (Å²) in [7, 11) is 0. The number of pyridine rings is 1. The van der Waals surface area contributed by atoms with Crippen LogP contribution in [0.3, 0.4) is 0 Å². The Labute approximate surface area is 72.3 Å². The molecule has 2 aromatic heterocycles. The van der Waals surface area contributed by atoms with E-state index >= 15 is 0 Å². The highest BCUT2D eigenvalue weighted by Crippen LogP contribution is 2.22. The lowest BCUT2D eigenvalue weighted by molar-refractivity contribution is 1.10. The third-order valence-electron chi connectivity index (χ3n) is 1.34. The van der Waals surface area contributed by atoms with Gasteiger partial charge in [0.15, 0.2) is 5.65 Å². The van der Waals surface area contributed by atoms with Crippen molar-refractivity contribution < 1.29 is 0 Å². The van der Waals surface area contributed by atoms with Gasteiger partial charge in [-0.3, -0.25) is 5.10 Å². The highest BCUT2D eigenvalue weighted by atomic mass is 35.5. The van der Waals surface area contributed by atoms with Gasteiger partial charge in [-0.2, -0.15) is 5.10 Å². The standard InChI is InChI=1S/C6H3Cl2N3/c7-4-1-3-2-9-11-6(3)10-5(4)8/h1-2H,(H,9,10,11). The summed E-state index contributed by atoms with van der Waals surface area (Å²) in [5, 5.41) is 8.06. The molecule has 0 aliphatic heterocycles. The number of hydrogen-bond donors (Lipinski definition) is 1. The topological polar surface area (TPSA) is 41.6 Å². The van der Waals surface area contributed by atoms with Crippen LogP contribution in [0, 0.1) is 0 Å². The predicted molar refractivity (Wildman–Crippen MR) is 43.9 cm³/mol. The first kappa shape index (κ1) is 6.88. The van der Waals surface area contributed by atoms with Gasteiger partial charge in [0.1, 0.15) is 5.15 Å². The first-order valence-electron chi connectivity index (χ1n) is 2.92. The minimum Gasteiger partial charge on any atom is -0.261 e. The van der Waals surface area contributed by atoms with Crippen LogP contribution in [0.1, 0.15) is 0 Å². The average Bonchev–Trinajstić information content (AvgIpc) is 2.36. The Balaban J connectivity index is 2.86. The number of halogens is 2. The zero-order chi connectivity index (χ0) is 7.84. The van der Waals surface area contributed by atoms with Crippen LogP contribution < -0.4 is 0 Å². The number of nitrogens with zero attached hydrogens (tertiary/aromatic N) is 2. The summed E-state index contributed by atoms with van der Waals surface area (Å²) in [5.41, 5.74) is 0.652. The number of nitrogens with one attached hydrogen (secondary N) is 1. The van der Waals surface area contributed by atoms with Crippen molar-refractivity contribution in [2.45, 2.75) is 0 Å². The molecule has 2 rings (SSSR count). The second-order valence-corrected chi connectivity index (χ2v) is 2.83. The van der Waals surface area contributed by atoms with Crippen molar-refractivity contribution in [2.24, 2.45) is 0 Å². The van der Waals surface area contributed by atoms with Gasteiger partial charge in [-0.25, -0.2) is 4.98 Å². The molecule has 0 atom stereocenters. The lowest BCUT2D eigenvalue weighted by Crippen LogP contribution is -1.78. The fourth-order valence-corrected chi connectivity index (χ4v) is 1.13. The van der Waals surface area contributed by atoms with E-state index in [-0.39, 0.29) is 0 Å². The lowest BCUT2D eigenvalue weighted by atomic mass is 10.4. The fraction of sp³-hybridized carbons (Fsp3) is 0. The van der Waals surface area contributed by atoms with E-state index in [1.54, 1.807) is 12.3 Å². The van der Waals surface area contributed by atoms with E-state index < -0.39 is 0 Å². The zero-order valence-corrected chi connectivity index (χ0v) is 6.82. The summed E-state index contributed by atoms with van der Waals surface area (Å²) >= 11 is 11.4. The number of aromatic nitrogens is 3. The molecule has 2 heterocycles. The number of aromatic amines is 1. The molecule has 0 fully saturated rings. The second-order valence-electron chi connectivity index (χ2n) is 2.07. The summed E-state index contributed by atoms with van der Waals surface area (Å²) in [5.74, 6) is 0. The molecule has 0 saturated heterocycles. The molecule has 56 valence electrons. The molecule has 0 amide bonds. The zero-order valence-electron chi connectivity index (χ0n) is 5.31. The minimum absolute atomic E-state index is 0.295. The number of H-pyrrole nitrogens is 1. The van der Waals surface area contributed by atoms with Gasteiger partial charge in [-0.1, -0.05) is 23.2 Å². The maximum Gasteiger partial charge on any atom is 0.156 e. The summed E-state index contributed by atoms with van der Waals surface area (Å²) in [6.07, 6.45) is 1.64. The molecule has 0 aromatic carbocycles. The molecular weight excluding hydrogens is 185 g/mol. The van der Waals surface area contributed by atoms with Crippen molar-refractivity contribution in [2.75, 3.05) is 0 Å². The highest BCUT2D eigenvalue weighted by molar-refractivity contribution is 6.41. The summed E-state index contributed by atoms with van der Waals surface area (Å²) < 4.78 is 0. The number of fused-ring (bicyclic) bond motifs is 1. The van der Waals surface area contributed by atoms with Crippen molar-refractivity contribution in [1.29, 1.82) is 0 Å². The fourth-order valence-electron chi connectivity index (χ4n) is 0.831. The third-order valence-corrected chi connectivity index (χ3v) is 2.01. The monoisotopic (exact) mass is 187 g/mol. The smallest absolute Gasteiger partial charge is 0.156 e. The van der Waals surface area contributed by atoms with Crippen molar-refractivity contribution in [3.05, 3.63) is 22.4 Å². The van der Waals surface area contributed by atoms with Crippen molar-refractivity contribution in [1.82, 2.24) is 15.2 Å². The Hall–Kier alpha value is -0.800. The largest absolute Gasteiger partial charge is 0.261 e. The predicted octanol–water partition coefficient (Wildman–Crippen LogP) is 2.26. The van der Waals surface area contributed by atoms with Gasteiger partial charge >= 0.3 is 0 Å². The van der Waals surface area contributed by atoms with Gasteiger partial charge < -0.3 is 0 Å². The third kappa shape index (κ3) is 1.06. The molecular formula is C6H3Cl2N3. The molecule has 0 radical (unpaired) electrons. The van der Waals surface area contributed by atoms with Crippen LogP contribution in [0.15, 0.2) is 12.3 Å². The van der Waals surface area contributed by atoms with E-state index in [0.717, 1.165) is 5.39 Å². The lowest BCUT2D eigenvalue weighted by Gasteiger charge is -1.92. The van der Waals surface area contributed by atoms with Crippen LogP contribution in [0.4, 0.5) is 0 Å². The Morgan fingerprint density at radius 3 is 3.00 bits per heavy atom. The summed E-state index contributed by atoms with van der Waals surface area (Å²) in [4.78, 5) is 3.95. The number of hydrogen-bond acceptors (Lipinski definition) is 2. The molecule has 1 N–H and O–H groups in total. The van der Waals surface area contributed by atoms with E-state index in [0.29, 0.717) is 15.8 Å². The highest BCUT2D eigenvalue weighted by Gasteiger charge is 2.02.